The van der Waals surface area contributed by atoms with Crippen molar-refractivity contribution in [2.45, 2.75) is 78.2 Å². The van der Waals surface area contributed by atoms with E-state index in [-0.39, 0.29) is 5.60 Å². The van der Waals surface area contributed by atoms with Gasteiger partial charge in [0.2, 0.25) is 0 Å². The van der Waals surface area contributed by atoms with E-state index in [4.69, 9.17) is 4.74 Å². The molecule has 1 heterocycles. The molecule has 17 heavy (non-hydrogen) atoms. The van der Waals surface area contributed by atoms with Crippen LogP contribution in [0.5, 0.6) is 0 Å². The van der Waals surface area contributed by atoms with Gasteiger partial charge in [0.05, 0.1) is 5.60 Å². The lowest BCUT2D eigenvalue weighted by molar-refractivity contribution is -0.0256. The molecule has 0 radical (unpaired) electrons. The van der Waals surface area contributed by atoms with Crippen LogP contribution >= 0.6 is 0 Å². The summed E-state index contributed by atoms with van der Waals surface area (Å²) in [6, 6.07) is 0. The summed E-state index contributed by atoms with van der Waals surface area (Å²) in [4.78, 5) is 0. The van der Waals surface area contributed by atoms with Crippen LogP contribution in [0.3, 0.4) is 0 Å². The van der Waals surface area contributed by atoms with E-state index in [2.05, 4.69) is 27.7 Å². The third-order valence-electron chi connectivity index (χ3n) is 5.79. The van der Waals surface area contributed by atoms with Gasteiger partial charge in [-0.2, -0.15) is 0 Å². The number of ether oxygens (including phenoxy) is 1. The van der Waals surface area contributed by atoms with E-state index in [1.54, 1.807) is 0 Å². The van der Waals surface area contributed by atoms with Crippen LogP contribution in [0.15, 0.2) is 0 Å². The van der Waals surface area contributed by atoms with Gasteiger partial charge >= 0.3 is 0 Å². The van der Waals surface area contributed by atoms with E-state index in [1.807, 2.05) is 0 Å². The molecule has 1 aliphatic carbocycles. The second-order valence-electron chi connectivity index (χ2n) is 7.32. The Kier molecular flexibility index (Phi) is 3.87. The highest BCUT2D eigenvalue weighted by Crippen LogP contribution is 2.44. The van der Waals surface area contributed by atoms with Crippen molar-refractivity contribution in [1.82, 2.24) is 0 Å². The van der Waals surface area contributed by atoms with Crippen molar-refractivity contribution in [2.24, 2.45) is 17.3 Å². The third-order valence-corrected chi connectivity index (χ3v) is 5.79. The molecule has 0 bridgehead atoms. The number of hydrogen-bond acceptors (Lipinski definition) is 1. The highest BCUT2D eigenvalue weighted by Gasteiger charge is 2.41. The molecule has 0 unspecified atom stereocenters. The minimum absolute atomic E-state index is 0.196. The molecule has 1 nitrogen and oxygen atoms in total. The van der Waals surface area contributed by atoms with E-state index >= 15 is 0 Å². The van der Waals surface area contributed by atoms with Gasteiger partial charge in [0.1, 0.15) is 0 Å². The first-order chi connectivity index (χ1) is 7.94. The smallest absolute Gasteiger partial charge is 0.0683 e. The minimum atomic E-state index is 0.196. The van der Waals surface area contributed by atoms with Gasteiger partial charge in [-0.15, -0.1) is 0 Å². The third kappa shape index (κ3) is 2.86. The van der Waals surface area contributed by atoms with Crippen molar-refractivity contribution in [3.63, 3.8) is 0 Å². The molecular weight excluding hydrogens is 208 g/mol. The topological polar surface area (TPSA) is 9.23 Å². The summed E-state index contributed by atoms with van der Waals surface area (Å²) >= 11 is 0. The summed E-state index contributed by atoms with van der Waals surface area (Å²) in [6.07, 6.45) is 9.50. The zero-order valence-electron chi connectivity index (χ0n) is 12.2. The maximum absolute atomic E-state index is 6.09. The van der Waals surface area contributed by atoms with E-state index in [1.165, 1.54) is 44.9 Å². The molecule has 1 aliphatic heterocycles. The highest BCUT2D eigenvalue weighted by molar-refractivity contribution is 4.91. The molecule has 0 aromatic carbocycles. The average molecular weight is 238 g/mol. The van der Waals surface area contributed by atoms with Gasteiger partial charge in [-0.1, -0.05) is 33.6 Å². The van der Waals surface area contributed by atoms with Crippen molar-refractivity contribution >= 4 is 0 Å². The fourth-order valence-electron chi connectivity index (χ4n) is 3.70. The van der Waals surface area contributed by atoms with E-state index in [0.29, 0.717) is 5.41 Å². The van der Waals surface area contributed by atoms with Gasteiger partial charge < -0.3 is 4.74 Å². The molecule has 0 aromatic heterocycles. The summed E-state index contributed by atoms with van der Waals surface area (Å²) in [5.74, 6) is 1.65. The molecule has 1 saturated heterocycles. The van der Waals surface area contributed by atoms with Crippen molar-refractivity contribution in [2.75, 3.05) is 6.61 Å². The zero-order valence-corrected chi connectivity index (χ0v) is 12.2. The zero-order chi connectivity index (χ0) is 12.5. The summed E-state index contributed by atoms with van der Waals surface area (Å²) in [5, 5.41) is 0. The van der Waals surface area contributed by atoms with E-state index < -0.39 is 0 Å². The van der Waals surface area contributed by atoms with Crippen molar-refractivity contribution in [1.29, 1.82) is 0 Å². The molecule has 1 saturated carbocycles. The molecular formula is C16H30O. The lowest BCUT2D eigenvalue weighted by Crippen LogP contribution is -2.34. The van der Waals surface area contributed by atoms with Crippen LogP contribution in [0.4, 0.5) is 0 Å². The Balaban J connectivity index is 2.06. The molecule has 2 rings (SSSR count). The molecule has 0 aromatic rings. The van der Waals surface area contributed by atoms with Crippen LogP contribution in [0, 0.1) is 17.3 Å². The van der Waals surface area contributed by atoms with Gasteiger partial charge in [0.15, 0.2) is 0 Å². The van der Waals surface area contributed by atoms with Crippen LogP contribution in [-0.2, 0) is 4.74 Å². The number of rotatable bonds is 0. The second kappa shape index (κ2) is 4.91. The Bertz CT molecular complexity index is 258. The summed E-state index contributed by atoms with van der Waals surface area (Å²) in [7, 11) is 0. The molecule has 2 fully saturated rings. The van der Waals surface area contributed by atoms with Crippen molar-refractivity contribution < 1.29 is 4.74 Å². The van der Waals surface area contributed by atoms with Gasteiger partial charge in [-0.3, -0.25) is 0 Å². The monoisotopic (exact) mass is 238 g/mol. The molecule has 0 amide bonds. The lowest BCUT2D eigenvalue weighted by Gasteiger charge is -2.38. The predicted octanol–water partition coefficient (Wildman–Crippen LogP) is 4.80. The quantitative estimate of drug-likeness (QED) is 0.589. The first-order valence-corrected chi connectivity index (χ1v) is 7.58. The first kappa shape index (κ1) is 13.4. The molecule has 0 N–H and O–H groups in total. The molecule has 100 valence electrons. The highest BCUT2D eigenvalue weighted by atomic mass is 16.5. The van der Waals surface area contributed by atoms with Crippen LogP contribution in [0.2, 0.25) is 0 Å². The fraction of sp³-hybridized carbons (Fsp3) is 1.00. The lowest BCUT2D eigenvalue weighted by atomic mass is 9.70. The SMILES string of the molecule is C[C@H]1CC[C@]2(C)OCC[C@H]2CCCCC1(C)C. The molecule has 3 atom stereocenters. The van der Waals surface area contributed by atoms with Gasteiger partial charge in [0.25, 0.3) is 0 Å². The largest absolute Gasteiger partial charge is 0.375 e. The Morgan fingerprint density at radius 2 is 1.71 bits per heavy atom. The van der Waals surface area contributed by atoms with Crippen LogP contribution in [-0.4, -0.2) is 12.2 Å². The fourth-order valence-corrected chi connectivity index (χ4v) is 3.70. The standard InChI is InChI=1S/C16H30O/c1-13-8-11-16(4)14(9-12-17-16)7-5-6-10-15(13,2)3/h13-14H,5-12H2,1-4H3/t13-,14+,16-/m0/s1. The maximum atomic E-state index is 6.09. The van der Waals surface area contributed by atoms with Gasteiger partial charge in [0, 0.05) is 6.61 Å². The van der Waals surface area contributed by atoms with Crippen LogP contribution in [0.1, 0.15) is 72.6 Å². The molecule has 2 aliphatic rings. The summed E-state index contributed by atoms with van der Waals surface area (Å²) in [6.45, 7) is 10.7. The Morgan fingerprint density at radius 3 is 2.47 bits per heavy atom. The Labute approximate surface area is 107 Å². The normalized spacial score (nSPS) is 43.1. The van der Waals surface area contributed by atoms with E-state index in [9.17, 15) is 0 Å². The van der Waals surface area contributed by atoms with Gasteiger partial charge in [-0.05, 0) is 56.3 Å². The molecule has 0 spiro atoms. The second-order valence-corrected chi connectivity index (χ2v) is 7.32. The minimum Gasteiger partial charge on any atom is -0.375 e. The Hall–Kier alpha value is -0.0400. The van der Waals surface area contributed by atoms with Crippen LogP contribution < -0.4 is 0 Å². The molecule has 1 heteroatoms. The summed E-state index contributed by atoms with van der Waals surface area (Å²) < 4.78 is 6.09. The van der Waals surface area contributed by atoms with Crippen molar-refractivity contribution in [3.05, 3.63) is 0 Å². The first-order valence-electron chi connectivity index (χ1n) is 7.58. The number of fused-ring (bicyclic) bond motifs is 1. The van der Waals surface area contributed by atoms with Gasteiger partial charge in [-0.25, -0.2) is 0 Å². The number of hydrogen-bond donors (Lipinski definition) is 0. The summed E-state index contributed by atoms with van der Waals surface area (Å²) in [5.41, 5.74) is 0.712. The average Bonchev–Trinajstić information content (AvgIpc) is 2.63. The van der Waals surface area contributed by atoms with Crippen molar-refractivity contribution in [3.8, 4) is 0 Å². The predicted molar refractivity (Wildman–Crippen MR) is 73.1 cm³/mol. The van der Waals surface area contributed by atoms with E-state index in [0.717, 1.165) is 18.4 Å². The van der Waals surface area contributed by atoms with Crippen LogP contribution in [0.25, 0.3) is 0 Å². The maximum Gasteiger partial charge on any atom is 0.0683 e. The Morgan fingerprint density at radius 1 is 0.941 bits per heavy atom.